The standard InChI is InChI=1S/C49H84NO10P/c1-3-5-7-8-9-10-11-12-13-14-15-16-17-18-19-20-21-26-34-40-49(54)60-47(44-59-61(55,56)58-42-41-50)43-57-48(53)39-33-25-23-22-24-30-36-46(52)38-32-28-27-31-37-45(51)35-29-6-4-2/h6,12-13,23-25,27-32,37-38,45-47,51-52H,3-5,7-11,14-22,26,33-36,39-44,50H2,1-2H3,(H,55,56)/b13-12-,25-23-,28-27-,29-6-,30-24-,37-31+,38-32+/t45-,46+,47-/m1/s1. The van der Waals surface area contributed by atoms with Crippen molar-refractivity contribution in [2.75, 3.05) is 26.4 Å². The molecule has 4 atom stereocenters. The second-order valence-corrected chi connectivity index (χ2v) is 16.7. The minimum atomic E-state index is -4.43. The lowest BCUT2D eigenvalue weighted by molar-refractivity contribution is -0.161. The maximum absolute atomic E-state index is 12.6. The van der Waals surface area contributed by atoms with Gasteiger partial charge in [-0.2, -0.15) is 0 Å². The van der Waals surface area contributed by atoms with Crippen molar-refractivity contribution in [2.24, 2.45) is 5.73 Å². The van der Waals surface area contributed by atoms with Crippen molar-refractivity contribution < 1.29 is 47.8 Å². The van der Waals surface area contributed by atoms with Crippen molar-refractivity contribution >= 4 is 19.8 Å². The van der Waals surface area contributed by atoms with E-state index in [2.05, 4.69) is 19.1 Å². The van der Waals surface area contributed by atoms with E-state index in [4.69, 9.17) is 24.3 Å². The van der Waals surface area contributed by atoms with Gasteiger partial charge in [0.05, 0.1) is 25.4 Å². The Morgan fingerprint density at radius 1 is 0.590 bits per heavy atom. The molecule has 0 fully saturated rings. The lowest BCUT2D eigenvalue weighted by Crippen LogP contribution is -2.29. The van der Waals surface area contributed by atoms with Crippen molar-refractivity contribution in [3.05, 3.63) is 85.1 Å². The molecular weight excluding hydrogens is 794 g/mol. The largest absolute Gasteiger partial charge is 0.472 e. The number of ether oxygens (including phenoxy) is 2. The summed E-state index contributed by atoms with van der Waals surface area (Å²) in [5, 5.41) is 20.0. The molecule has 0 aliphatic carbocycles. The van der Waals surface area contributed by atoms with Crippen molar-refractivity contribution in [1.29, 1.82) is 0 Å². The first-order valence-corrected chi connectivity index (χ1v) is 24.8. The molecule has 11 nitrogen and oxygen atoms in total. The number of rotatable bonds is 42. The smallest absolute Gasteiger partial charge is 0.462 e. The lowest BCUT2D eigenvalue weighted by Gasteiger charge is -2.19. The van der Waals surface area contributed by atoms with Crippen LogP contribution in [0.4, 0.5) is 0 Å². The molecule has 0 heterocycles. The molecular formula is C49H84NO10P. The molecule has 0 aliphatic heterocycles. The van der Waals surface area contributed by atoms with E-state index in [9.17, 15) is 29.3 Å². The van der Waals surface area contributed by atoms with Crippen LogP contribution in [-0.4, -0.2) is 71.7 Å². The summed E-state index contributed by atoms with van der Waals surface area (Å²) in [5.74, 6) is -1.00. The van der Waals surface area contributed by atoms with Crippen LogP contribution in [0.2, 0.25) is 0 Å². The number of carbonyl (C=O) groups excluding carboxylic acids is 2. The number of aliphatic hydroxyl groups is 2. The van der Waals surface area contributed by atoms with E-state index < -0.39 is 44.7 Å². The molecule has 5 N–H and O–H groups in total. The second-order valence-electron chi connectivity index (χ2n) is 15.3. The lowest BCUT2D eigenvalue weighted by atomic mass is 10.1. The van der Waals surface area contributed by atoms with Crippen LogP contribution < -0.4 is 5.73 Å². The van der Waals surface area contributed by atoms with Crippen LogP contribution in [-0.2, 0) is 32.7 Å². The molecule has 0 saturated carbocycles. The van der Waals surface area contributed by atoms with Crippen LogP contribution in [0.3, 0.4) is 0 Å². The number of phosphoric ester groups is 1. The van der Waals surface area contributed by atoms with Crippen LogP contribution >= 0.6 is 7.82 Å². The number of carbonyl (C=O) groups is 2. The van der Waals surface area contributed by atoms with Crippen LogP contribution in [0.15, 0.2) is 85.1 Å². The van der Waals surface area contributed by atoms with Crippen molar-refractivity contribution in [3.63, 3.8) is 0 Å². The average Bonchev–Trinajstić information content (AvgIpc) is 3.24. The number of allylic oxidation sites excluding steroid dienone is 10. The number of phosphoric acid groups is 1. The minimum Gasteiger partial charge on any atom is -0.462 e. The highest BCUT2D eigenvalue weighted by Gasteiger charge is 2.26. The monoisotopic (exact) mass is 878 g/mol. The predicted octanol–water partition coefficient (Wildman–Crippen LogP) is 11.6. The zero-order chi connectivity index (χ0) is 44.9. The highest BCUT2D eigenvalue weighted by atomic mass is 31.2. The van der Waals surface area contributed by atoms with Crippen molar-refractivity contribution in [3.8, 4) is 0 Å². The van der Waals surface area contributed by atoms with Crippen LogP contribution in [0.25, 0.3) is 0 Å². The third-order valence-corrected chi connectivity index (χ3v) is 10.4. The maximum atomic E-state index is 12.6. The Morgan fingerprint density at radius 2 is 1.11 bits per heavy atom. The van der Waals surface area contributed by atoms with Gasteiger partial charge in [-0.25, -0.2) is 4.57 Å². The van der Waals surface area contributed by atoms with Gasteiger partial charge >= 0.3 is 19.8 Å². The highest BCUT2D eigenvalue weighted by molar-refractivity contribution is 7.47. The molecule has 1 unspecified atom stereocenters. The van der Waals surface area contributed by atoms with Gasteiger partial charge in [-0.3, -0.25) is 18.6 Å². The molecule has 0 radical (unpaired) electrons. The van der Waals surface area contributed by atoms with Gasteiger partial charge in [0, 0.05) is 19.4 Å². The molecule has 350 valence electrons. The Balaban J connectivity index is 4.34. The van der Waals surface area contributed by atoms with Crippen LogP contribution in [0, 0.1) is 0 Å². The quantitative estimate of drug-likeness (QED) is 0.0151. The van der Waals surface area contributed by atoms with Gasteiger partial charge in [0.25, 0.3) is 0 Å². The van der Waals surface area contributed by atoms with E-state index >= 15 is 0 Å². The second kappa shape index (κ2) is 43.7. The third kappa shape index (κ3) is 43.5. The molecule has 0 saturated heterocycles. The molecule has 0 aromatic carbocycles. The fourth-order valence-corrected chi connectivity index (χ4v) is 6.71. The number of hydrogen-bond donors (Lipinski definition) is 4. The molecule has 0 spiro atoms. The summed E-state index contributed by atoms with van der Waals surface area (Å²) in [6.07, 6.45) is 48.3. The van der Waals surface area contributed by atoms with Crippen LogP contribution in [0.1, 0.15) is 168 Å². The Kier molecular flexibility index (Phi) is 41.7. The average molecular weight is 878 g/mol. The molecule has 0 bridgehead atoms. The number of hydrogen-bond acceptors (Lipinski definition) is 10. The topological polar surface area (TPSA) is 175 Å². The first kappa shape index (κ1) is 58.1. The van der Waals surface area contributed by atoms with E-state index in [0.717, 1.165) is 25.7 Å². The fourth-order valence-electron chi connectivity index (χ4n) is 5.95. The Hall–Kier alpha value is -2.89. The van der Waals surface area contributed by atoms with E-state index in [0.29, 0.717) is 32.1 Å². The number of aliphatic hydroxyl groups excluding tert-OH is 2. The molecule has 0 aromatic rings. The van der Waals surface area contributed by atoms with E-state index in [1.54, 1.807) is 36.5 Å². The normalized spacial score (nSPS) is 15.0. The molecule has 0 aliphatic rings. The van der Waals surface area contributed by atoms with Crippen LogP contribution in [0.5, 0.6) is 0 Å². The Morgan fingerprint density at radius 3 is 1.69 bits per heavy atom. The molecule has 0 rings (SSSR count). The van der Waals surface area contributed by atoms with Crippen molar-refractivity contribution in [2.45, 2.75) is 186 Å². The highest BCUT2D eigenvalue weighted by Crippen LogP contribution is 2.43. The number of esters is 2. The molecule has 0 aromatic heterocycles. The number of nitrogens with two attached hydrogens (primary N) is 1. The summed E-state index contributed by atoms with van der Waals surface area (Å²) in [7, 11) is -4.43. The van der Waals surface area contributed by atoms with Gasteiger partial charge in [-0.15, -0.1) is 0 Å². The van der Waals surface area contributed by atoms with Gasteiger partial charge in [0.1, 0.15) is 6.61 Å². The molecule has 61 heavy (non-hydrogen) atoms. The zero-order valence-electron chi connectivity index (χ0n) is 37.8. The molecule has 12 heteroatoms. The fraction of sp³-hybridized carbons (Fsp3) is 0.673. The first-order chi connectivity index (χ1) is 29.6. The summed E-state index contributed by atoms with van der Waals surface area (Å²) >= 11 is 0. The summed E-state index contributed by atoms with van der Waals surface area (Å²) in [6, 6.07) is 0. The third-order valence-electron chi connectivity index (χ3n) is 9.44. The van der Waals surface area contributed by atoms with Gasteiger partial charge in [-0.05, 0) is 64.2 Å². The summed E-state index contributed by atoms with van der Waals surface area (Å²) in [6.45, 7) is 3.33. The van der Waals surface area contributed by atoms with Gasteiger partial charge in [0.15, 0.2) is 6.10 Å². The van der Waals surface area contributed by atoms with Gasteiger partial charge in [-0.1, -0.05) is 176 Å². The molecule has 0 amide bonds. The zero-order valence-corrected chi connectivity index (χ0v) is 38.7. The number of unbranched alkanes of at least 4 members (excludes halogenated alkanes) is 15. The van der Waals surface area contributed by atoms with E-state index in [1.165, 1.54) is 83.5 Å². The maximum Gasteiger partial charge on any atom is 0.472 e. The SMILES string of the molecule is CC/C=C\C[C@@H](O)/C=C/C=C\C=C\[C@@H](O)C/C=C\C/C=C\CCC(=O)OC[C@H](COP(=O)(O)OCCN)OC(=O)CCCCCCCCCCC/C=C\CCCCCCCC. The minimum absolute atomic E-state index is 0.0230. The summed E-state index contributed by atoms with van der Waals surface area (Å²) in [5.41, 5.74) is 5.34. The Labute approximate surface area is 369 Å². The summed E-state index contributed by atoms with van der Waals surface area (Å²) < 4.78 is 32.7. The van der Waals surface area contributed by atoms with E-state index in [1.807, 2.05) is 43.4 Å². The van der Waals surface area contributed by atoms with E-state index in [-0.39, 0.29) is 32.6 Å². The van der Waals surface area contributed by atoms with Gasteiger partial charge < -0.3 is 30.3 Å². The Bertz CT molecular complexity index is 1310. The summed E-state index contributed by atoms with van der Waals surface area (Å²) in [4.78, 5) is 34.9. The van der Waals surface area contributed by atoms with Gasteiger partial charge in [0.2, 0.25) is 0 Å². The van der Waals surface area contributed by atoms with Crippen molar-refractivity contribution in [1.82, 2.24) is 0 Å². The predicted molar refractivity (Wildman–Crippen MR) is 250 cm³/mol. The first-order valence-electron chi connectivity index (χ1n) is 23.3.